The van der Waals surface area contributed by atoms with Gasteiger partial charge in [0.2, 0.25) is 0 Å². The molecule has 1 heterocycles. The summed E-state index contributed by atoms with van der Waals surface area (Å²) >= 11 is 0. The molecule has 3 rings (SSSR count). The van der Waals surface area contributed by atoms with Crippen molar-refractivity contribution in [2.75, 3.05) is 31.0 Å². The van der Waals surface area contributed by atoms with E-state index in [0.29, 0.717) is 31.9 Å². The first-order chi connectivity index (χ1) is 12.0. The Kier molecular flexibility index (Phi) is 5.00. The van der Waals surface area contributed by atoms with Crippen molar-refractivity contribution in [2.24, 2.45) is 0 Å². The molecule has 0 bridgehead atoms. The number of benzene rings is 2. The number of nitrogens with one attached hydrogen (secondary N) is 1. The number of hydrogen-bond acceptors (Lipinski definition) is 4. The highest BCUT2D eigenvalue weighted by molar-refractivity contribution is 7.92. The molecule has 8 heteroatoms. The maximum Gasteiger partial charge on any atom is 0.261 e. The lowest BCUT2D eigenvalue weighted by atomic mass is 10.2. The number of carbonyl (C=O) groups excluding carboxylic acids is 1. The quantitative estimate of drug-likeness (QED) is 0.901. The second-order valence-electron chi connectivity index (χ2n) is 5.54. The van der Waals surface area contributed by atoms with E-state index < -0.39 is 15.8 Å². The Bertz CT molecular complexity index is 862. The van der Waals surface area contributed by atoms with Crippen LogP contribution in [0.25, 0.3) is 0 Å². The number of morpholine rings is 1. The molecule has 0 saturated carbocycles. The molecular formula is C17H17FN2O4S. The third-order valence-corrected chi connectivity index (χ3v) is 5.18. The standard InChI is InChI=1S/C17H17FN2O4S/c18-14-2-1-3-15(12-14)19-25(22,23)16-6-4-13(5-7-16)17(21)20-8-10-24-11-9-20/h1-7,12,19H,8-11H2. The number of anilines is 1. The third-order valence-electron chi connectivity index (χ3n) is 3.79. The zero-order valence-electron chi connectivity index (χ0n) is 13.3. The molecule has 0 aromatic heterocycles. The second kappa shape index (κ2) is 7.20. The first kappa shape index (κ1) is 17.4. The van der Waals surface area contributed by atoms with E-state index in [1.165, 1.54) is 42.5 Å². The lowest BCUT2D eigenvalue weighted by Crippen LogP contribution is -2.40. The Hall–Kier alpha value is -2.45. The molecule has 0 aliphatic carbocycles. The maximum absolute atomic E-state index is 13.2. The van der Waals surface area contributed by atoms with Crippen LogP contribution in [0, 0.1) is 5.82 Å². The van der Waals surface area contributed by atoms with Crippen LogP contribution in [0.2, 0.25) is 0 Å². The van der Waals surface area contributed by atoms with E-state index in [1.54, 1.807) is 4.90 Å². The number of halogens is 1. The monoisotopic (exact) mass is 364 g/mol. The van der Waals surface area contributed by atoms with Crippen molar-refractivity contribution < 1.29 is 22.3 Å². The van der Waals surface area contributed by atoms with E-state index >= 15 is 0 Å². The van der Waals surface area contributed by atoms with Gasteiger partial charge in [0.1, 0.15) is 5.82 Å². The van der Waals surface area contributed by atoms with Gasteiger partial charge in [-0.25, -0.2) is 12.8 Å². The molecule has 25 heavy (non-hydrogen) atoms. The molecule has 2 aromatic rings. The maximum atomic E-state index is 13.2. The first-order valence-corrected chi connectivity index (χ1v) is 9.19. The van der Waals surface area contributed by atoms with E-state index in [4.69, 9.17) is 4.74 Å². The van der Waals surface area contributed by atoms with Crippen LogP contribution < -0.4 is 4.72 Å². The highest BCUT2D eigenvalue weighted by Crippen LogP contribution is 2.18. The van der Waals surface area contributed by atoms with Crippen LogP contribution in [-0.2, 0) is 14.8 Å². The van der Waals surface area contributed by atoms with Gasteiger partial charge in [0.25, 0.3) is 15.9 Å². The fourth-order valence-corrected chi connectivity index (χ4v) is 3.54. The average molecular weight is 364 g/mol. The Labute approximate surface area is 145 Å². The molecule has 0 spiro atoms. The van der Waals surface area contributed by atoms with Crippen LogP contribution in [0.3, 0.4) is 0 Å². The van der Waals surface area contributed by atoms with Gasteiger partial charge in [-0.1, -0.05) is 6.07 Å². The zero-order chi connectivity index (χ0) is 17.9. The van der Waals surface area contributed by atoms with Gasteiger partial charge < -0.3 is 9.64 Å². The number of hydrogen-bond donors (Lipinski definition) is 1. The predicted molar refractivity (Wildman–Crippen MR) is 90.4 cm³/mol. The topological polar surface area (TPSA) is 75.7 Å². The van der Waals surface area contributed by atoms with E-state index in [-0.39, 0.29) is 16.5 Å². The van der Waals surface area contributed by atoms with E-state index in [2.05, 4.69) is 4.72 Å². The Morgan fingerprint density at radius 3 is 2.40 bits per heavy atom. The van der Waals surface area contributed by atoms with Crippen LogP contribution in [-0.4, -0.2) is 45.5 Å². The number of carbonyl (C=O) groups is 1. The molecule has 6 nitrogen and oxygen atoms in total. The largest absolute Gasteiger partial charge is 0.378 e. The highest BCUT2D eigenvalue weighted by Gasteiger charge is 2.20. The molecule has 1 amide bonds. The van der Waals surface area contributed by atoms with Crippen LogP contribution >= 0.6 is 0 Å². The summed E-state index contributed by atoms with van der Waals surface area (Å²) < 4.78 is 45.4. The molecular weight excluding hydrogens is 347 g/mol. The van der Waals surface area contributed by atoms with Gasteiger partial charge in [-0.3, -0.25) is 9.52 Å². The van der Waals surface area contributed by atoms with Crippen molar-refractivity contribution >= 4 is 21.6 Å². The smallest absolute Gasteiger partial charge is 0.261 e. The molecule has 2 aromatic carbocycles. The molecule has 1 fully saturated rings. The zero-order valence-corrected chi connectivity index (χ0v) is 14.1. The van der Waals surface area contributed by atoms with Gasteiger partial charge >= 0.3 is 0 Å². The first-order valence-electron chi connectivity index (χ1n) is 7.71. The number of ether oxygens (including phenoxy) is 1. The molecule has 132 valence electrons. The number of rotatable bonds is 4. The van der Waals surface area contributed by atoms with Gasteiger partial charge in [0.15, 0.2) is 0 Å². The fourth-order valence-electron chi connectivity index (χ4n) is 2.49. The van der Waals surface area contributed by atoms with Crippen molar-refractivity contribution in [3.63, 3.8) is 0 Å². The summed E-state index contributed by atoms with van der Waals surface area (Å²) in [4.78, 5) is 14.0. The summed E-state index contributed by atoms with van der Waals surface area (Å²) in [5.41, 5.74) is 0.542. The summed E-state index contributed by atoms with van der Waals surface area (Å²) in [6.45, 7) is 2.02. The molecule has 1 saturated heterocycles. The molecule has 0 atom stereocenters. The number of sulfonamides is 1. The Morgan fingerprint density at radius 2 is 1.76 bits per heavy atom. The van der Waals surface area contributed by atoms with Crippen LogP contribution in [0.15, 0.2) is 53.4 Å². The van der Waals surface area contributed by atoms with Crippen LogP contribution in [0.1, 0.15) is 10.4 Å². The Morgan fingerprint density at radius 1 is 1.08 bits per heavy atom. The van der Waals surface area contributed by atoms with Gasteiger partial charge in [-0.2, -0.15) is 0 Å². The van der Waals surface area contributed by atoms with Crippen molar-refractivity contribution in [3.8, 4) is 0 Å². The van der Waals surface area contributed by atoms with Crippen molar-refractivity contribution in [3.05, 3.63) is 59.9 Å². The van der Waals surface area contributed by atoms with E-state index in [1.807, 2.05) is 0 Å². The summed E-state index contributed by atoms with van der Waals surface area (Å²) in [6.07, 6.45) is 0. The highest BCUT2D eigenvalue weighted by atomic mass is 32.2. The van der Waals surface area contributed by atoms with Crippen molar-refractivity contribution in [1.29, 1.82) is 0 Å². The van der Waals surface area contributed by atoms with E-state index in [9.17, 15) is 17.6 Å². The predicted octanol–water partition coefficient (Wildman–Crippen LogP) is 2.10. The summed E-state index contributed by atoms with van der Waals surface area (Å²) in [5, 5.41) is 0. The number of amides is 1. The van der Waals surface area contributed by atoms with E-state index in [0.717, 1.165) is 6.07 Å². The molecule has 0 radical (unpaired) electrons. The number of nitrogens with zero attached hydrogens (tertiary/aromatic N) is 1. The van der Waals surface area contributed by atoms with Gasteiger partial charge in [-0.15, -0.1) is 0 Å². The van der Waals surface area contributed by atoms with Crippen molar-refractivity contribution in [2.45, 2.75) is 4.90 Å². The minimum Gasteiger partial charge on any atom is -0.378 e. The molecule has 1 aliphatic heterocycles. The van der Waals surface area contributed by atoms with Gasteiger partial charge in [-0.05, 0) is 42.5 Å². The lowest BCUT2D eigenvalue weighted by molar-refractivity contribution is 0.0303. The normalized spacial score (nSPS) is 15.0. The van der Waals surface area contributed by atoms with Crippen molar-refractivity contribution in [1.82, 2.24) is 4.90 Å². The minimum atomic E-state index is -3.86. The van der Waals surface area contributed by atoms with Gasteiger partial charge in [0, 0.05) is 18.7 Å². The minimum absolute atomic E-state index is 0.00436. The molecule has 0 unspecified atom stereocenters. The SMILES string of the molecule is O=C(c1ccc(S(=O)(=O)Nc2cccc(F)c2)cc1)N1CCOCC1. The second-order valence-corrected chi connectivity index (χ2v) is 7.23. The van der Waals surface area contributed by atoms with Gasteiger partial charge in [0.05, 0.1) is 23.8 Å². The van der Waals surface area contributed by atoms with Crippen LogP contribution in [0.4, 0.5) is 10.1 Å². The van der Waals surface area contributed by atoms with Crippen LogP contribution in [0.5, 0.6) is 0 Å². The lowest BCUT2D eigenvalue weighted by Gasteiger charge is -2.26. The molecule has 1 aliphatic rings. The third kappa shape index (κ3) is 4.15. The average Bonchev–Trinajstić information content (AvgIpc) is 2.61. The summed E-state index contributed by atoms with van der Waals surface area (Å²) in [6, 6.07) is 10.8. The Balaban J connectivity index is 1.75. The fraction of sp³-hybridized carbons (Fsp3) is 0.235. The summed E-state index contributed by atoms with van der Waals surface area (Å²) in [7, 11) is -3.86. The summed E-state index contributed by atoms with van der Waals surface area (Å²) in [5.74, 6) is -0.697. The molecule has 1 N–H and O–H groups in total.